The fraction of sp³-hybridized carbons (Fsp3) is 0.647. The lowest BCUT2D eigenvalue weighted by Gasteiger charge is -2.34. The van der Waals surface area contributed by atoms with E-state index >= 15 is 0 Å². The van der Waals surface area contributed by atoms with E-state index in [4.69, 9.17) is 5.73 Å². The molecule has 3 aliphatic rings. The van der Waals surface area contributed by atoms with Crippen molar-refractivity contribution in [3.05, 3.63) is 29.8 Å². The molecule has 0 spiro atoms. The molecule has 3 fully saturated rings. The second kappa shape index (κ2) is 18.2. The molecule has 0 saturated carbocycles. The van der Waals surface area contributed by atoms with E-state index in [0.29, 0.717) is 0 Å². The Morgan fingerprint density at radius 3 is 1.80 bits per heavy atom. The molecule has 1 aromatic rings. The van der Waals surface area contributed by atoms with Crippen LogP contribution in [0.1, 0.15) is 45.3 Å². The van der Waals surface area contributed by atoms with Gasteiger partial charge in [0.25, 0.3) is 0 Å². The first-order valence-corrected chi connectivity index (χ1v) is 18.0. The van der Waals surface area contributed by atoms with Crippen molar-refractivity contribution in [3.63, 3.8) is 0 Å². The van der Waals surface area contributed by atoms with E-state index in [0.717, 1.165) is 35.8 Å². The fourth-order valence-electron chi connectivity index (χ4n) is 6.92. The van der Waals surface area contributed by atoms with Gasteiger partial charge in [-0.2, -0.15) is 0 Å². The van der Waals surface area contributed by atoms with E-state index in [2.05, 4.69) is 16.0 Å². The number of carbonyl (C=O) groups is 6. The van der Waals surface area contributed by atoms with E-state index in [1.807, 2.05) is 5.32 Å². The van der Waals surface area contributed by atoms with Crippen LogP contribution < -0.4 is 27.0 Å². The first-order chi connectivity index (χ1) is 26.1. The number of amides is 6. The van der Waals surface area contributed by atoms with Crippen LogP contribution in [0.4, 0.5) is 0 Å². The van der Waals surface area contributed by atoms with Gasteiger partial charge in [-0.05, 0) is 31.5 Å². The van der Waals surface area contributed by atoms with Crippen molar-refractivity contribution in [1.29, 1.82) is 0 Å². The summed E-state index contributed by atoms with van der Waals surface area (Å²) in [5.74, 6) is -8.12. The number of benzene rings is 1. The highest BCUT2D eigenvalue weighted by Gasteiger charge is 2.50. The minimum absolute atomic E-state index is 0.0501. The SMILES string of the molecule is C[C@@H](O)[C@@H]1NC(=O)[C@H]([C@H](O)[C@@H](O)c2ccc(O)cc2)NC(=O)[C@@H]2C[C@@H](O)CN2C(=O)[C@H]([C@@H](C)O)NC(=O)[C@H](N)C[C@@H](O)[C@@H](O)NC(=O)[C@@H]2[C@@H](O)[C@@H](C)CN2C1=O. The summed E-state index contributed by atoms with van der Waals surface area (Å²) in [6, 6.07) is -6.28. The summed E-state index contributed by atoms with van der Waals surface area (Å²) >= 11 is 0. The van der Waals surface area contributed by atoms with Crippen molar-refractivity contribution in [2.75, 3.05) is 13.1 Å². The molecule has 22 nitrogen and oxygen atoms in total. The molecular formula is C34H51N7O15. The molecule has 0 radical (unpaired) electrons. The molecule has 0 aliphatic carbocycles. The van der Waals surface area contributed by atoms with Gasteiger partial charge in [0, 0.05) is 31.8 Å². The molecule has 312 valence electrons. The van der Waals surface area contributed by atoms with Crippen molar-refractivity contribution >= 4 is 35.4 Å². The zero-order valence-corrected chi connectivity index (χ0v) is 30.7. The van der Waals surface area contributed by atoms with Gasteiger partial charge in [-0.1, -0.05) is 19.1 Å². The topological polar surface area (TPSA) is 365 Å². The van der Waals surface area contributed by atoms with Gasteiger partial charge in [-0.15, -0.1) is 0 Å². The number of phenolic OH excluding ortho intramolecular Hbond substituents is 1. The third kappa shape index (κ3) is 9.70. The number of hydrogen-bond donors (Lipinski definition) is 14. The third-order valence-corrected chi connectivity index (χ3v) is 10.2. The Morgan fingerprint density at radius 2 is 1.23 bits per heavy atom. The highest BCUT2D eigenvalue weighted by molar-refractivity contribution is 5.98. The summed E-state index contributed by atoms with van der Waals surface area (Å²) in [6.07, 6.45) is -15.8. The average Bonchev–Trinajstić information content (AvgIpc) is 3.68. The van der Waals surface area contributed by atoms with Crippen molar-refractivity contribution in [2.24, 2.45) is 11.7 Å². The highest BCUT2D eigenvalue weighted by Crippen LogP contribution is 2.27. The Labute approximate surface area is 320 Å². The maximum Gasteiger partial charge on any atom is 0.248 e. The van der Waals surface area contributed by atoms with E-state index in [1.165, 1.54) is 19.1 Å². The van der Waals surface area contributed by atoms with Crippen molar-refractivity contribution in [2.45, 2.75) is 119 Å². The van der Waals surface area contributed by atoms with Gasteiger partial charge in [0.2, 0.25) is 35.4 Å². The fourth-order valence-corrected chi connectivity index (χ4v) is 6.92. The molecule has 0 aromatic heterocycles. The van der Waals surface area contributed by atoms with Gasteiger partial charge >= 0.3 is 0 Å². The van der Waals surface area contributed by atoms with E-state index < -0.39 is 146 Å². The summed E-state index contributed by atoms with van der Waals surface area (Å²) in [5, 5.41) is 105. The molecule has 3 aliphatic heterocycles. The molecule has 56 heavy (non-hydrogen) atoms. The van der Waals surface area contributed by atoms with E-state index in [-0.39, 0.29) is 17.9 Å². The lowest BCUT2D eigenvalue weighted by atomic mass is 9.96. The molecule has 3 saturated heterocycles. The summed E-state index contributed by atoms with van der Waals surface area (Å²) in [4.78, 5) is 83.9. The summed E-state index contributed by atoms with van der Waals surface area (Å²) in [5.41, 5.74) is 5.88. The number of nitrogens with one attached hydrogen (secondary N) is 4. The lowest BCUT2D eigenvalue weighted by molar-refractivity contribution is -0.148. The van der Waals surface area contributed by atoms with Crippen LogP contribution in [-0.4, -0.2) is 183 Å². The van der Waals surface area contributed by atoms with Crippen LogP contribution in [0.2, 0.25) is 0 Å². The molecule has 0 bridgehead atoms. The molecule has 15 atom stereocenters. The number of fused-ring (bicyclic) bond motifs is 2. The minimum Gasteiger partial charge on any atom is -0.508 e. The minimum atomic E-state index is -2.24. The Morgan fingerprint density at radius 1 is 0.696 bits per heavy atom. The molecule has 4 rings (SSSR count). The maximum absolute atomic E-state index is 14.0. The molecule has 3 heterocycles. The number of nitrogens with zero attached hydrogens (tertiary/aromatic N) is 2. The molecule has 22 heteroatoms. The monoisotopic (exact) mass is 797 g/mol. The van der Waals surface area contributed by atoms with Gasteiger partial charge in [-0.3, -0.25) is 28.8 Å². The van der Waals surface area contributed by atoms with Gasteiger partial charge in [0.05, 0.1) is 30.5 Å². The summed E-state index contributed by atoms with van der Waals surface area (Å²) in [6.45, 7) is 2.85. The van der Waals surface area contributed by atoms with Crippen LogP contribution in [0, 0.1) is 5.92 Å². The number of aliphatic hydroxyl groups excluding tert-OH is 8. The third-order valence-electron chi connectivity index (χ3n) is 10.2. The maximum atomic E-state index is 14.0. The number of carbonyl (C=O) groups excluding carboxylic acids is 6. The van der Waals surface area contributed by atoms with Gasteiger partial charge < -0.3 is 82.8 Å². The molecule has 6 amide bonds. The zero-order chi connectivity index (χ0) is 41.9. The predicted molar refractivity (Wildman–Crippen MR) is 188 cm³/mol. The zero-order valence-electron chi connectivity index (χ0n) is 30.7. The molecule has 15 N–H and O–H groups in total. The van der Waals surface area contributed by atoms with Crippen molar-refractivity contribution in [1.82, 2.24) is 31.1 Å². The first-order valence-electron chi connectivity index (χ1n) is 18.0. The Bertz CT molecular complexity index is 1620. The Hall–Kier alpha value is -4.52. The summed E-state index contributed by atoms with van der Waals surface area (Å²) in [7, 11) is 0. The normalized spacial score (nSPS) is 35.2. The predicted octanol–water partition coefficient (Wildman–Crippen LogP) is -7.30. The summed E-state index contributed by atoms with van der Waals surface area (Å²) < 4.78 is 0. The van der Waals surface area contributed by atoms with Crippen LogP contribution in [0.5, 0.6) is 5.75 Å². The van der Waals surface area contributed by atoms with Crippen LogP contribution in [0.25, 0.3) is 0 Å². The standard InChI is InChI=1S/C34H51N7O15/c1-12-10-41-24(25(12)47)32(54)39-30(52)20(46)9-18(35)28(50)36-21(13(2)42)33(55)40-11-17(45)8-19(40)29(51)38-23(31(53)37-22(14(3)43)34(41)56)27(49)26(48)15-4-6-16(44)7-5-15/h4-7,12-14,17-27,30,42-49,52H,8-11,35H2,1-3H3,(H,36,50)(H,37,53)(H,38,51)(H,39,54)/t12-,13+,14+,17+,18+,19-,20+,21-,22-,23-,24-,25-,26-,27-,30+/m0/s1. The number of aliphatic hydroxyl groups is 8. The first kappa shape index (κ1) is 44.2. The van der Waals surface area contributed by atoms with Gasteiger partial charge in [0.15, 0.2) is 6.23 Å². The smallest absolute Gasteiger partial charge is 0.248 e. The van der Waals surface area contributed by atoms with Crippen LogP contribution in [0.15, 0.2) is 24.3 Å². The number of aromatic hydroxyl groups is 1. The second-order valence-corrected chi connectivity index (χ2v) is 14.6. The van der Waals surface area contributed by atoms with Crippen LogP contribution in [0.3, 0.4) is 0 Å². The van der Waals surface area contributed by atoms with Gasteiger partial charge in [0.1, 0.15) is 54.3 Å². The van der Waals surface area contributed by atoms with Crippen LogP contribution in [-0.2, 0) is 28.8 Å². The Balaban J connectivity index is 1.80. The van der Waals surface area contributed by atoms with Crippen molar-refractivity contribution in [3.8, 4) is 5.75 Å². The molecule has 1 aromatic carbocycles. The number of phenols is 1. The largest absolute Gasteiger partial charge is 0.508 e. The second-order valence-electron chi connectivity index (χ2n) is 14.6. The highest BCUT2D eigenvalue weighted by atomic mass is 16.3. The van der Waals surface area contributed by atoms with Gasteiger partial charge in [-0.25, -0.2) is 0 Å². The quantitative estimate of drug-likeness (QED) is 0.132. The van der Waals surface area contributed by atoms with Crippen molar-refractivity contribution < 1.29 is 74.7 Å². The number of hydrogen-bond acceptors (Lipinski definition) is 16. The lowest BCUT2D eigenvalue weighted by Crippen LogP contribution is -2.64. The van der Waals surface area contributed by atoms with E-state index in [9.17, 15) is 74.7 Å². The number of nitrogens with two attached hydrogens (primary N) is 1. The van der Waals surface area contributed by atoms with E-state index in [1.54, 1.807) is 0 Å². The molecule has 0 unspecified atom stereocenters. The Kier molecular flexibility index (Phi) is 14.3. The average molecular weight is 798 g/mol. The molecular weight excluding hydrogens is 746 g/mol. The van der Waals surface area contributed by atoms with Crippen LogP contribution >= 0.6 is 0 Å². The number of rotatable bonds is 5.